The number of ether oxygens (including phenoxy) is 1. The second-order valence-corrected chi connectivity index (χ2v) is 9.25. The van der Waals surface area contributed by atoms with Crippen molar-refractivity contribution in [2.45, 2.75) is 84.3 Å². The minimum absolute atomic E-state index is 0.00239. The average Bonchev–Trinajstić information content (AvgIpc) is 2.71. The third-order valence-corrected chi connectivity index (χ3v) is 5.02. The van der Waals surface area contributed by atoms with E-state index in [2.05, 4.69) is 5.32 Å². The highest BCUT2D eigenvalue weighted by molar-refractivity contribution is 6.00. The summed E-state index contributed by atoms with van der Waals surface area (Å²) in [6.45, 7) is 7.75. The van der Waals surface area contributed by atoms with Crippen molar-refractivity contribution in [2.75, 3.05) is 6.54 Å². The maximum absolute atomic E-state index is 13.4. The minimum atomic E-state index is -1.15. The summed E-state index contributed by atoms with van der Waals surface area (Å²) in [6.07, 6.45) is 2.97. The number of amides is 1. The Kier molecular flexibility index (Phi) is 11.8. The van der Waals surface area contributed by atoms with E-state index in [4.69, 9.17) is 15.6 Å². The van der Waals surface area contributed by atoms with Gasteiger partial charge in [-0.2, -0.15) is 0 Å². The predicted octanol–water partition coefficient (Wildman–Crippen LogP) is 3.26. The van der Waals surface area contributed by atoms with E-state index in [0.29, 0.717) is 43.4 Å². The molecule has 2 atom stereocenters. The Morgan fingerprint density at radius 1 is 1.12 bits per heavy atom. The number of ketones is 1. The molecule has 1 rings (SSSR count). The van der Waals surface area contributed by atoms with Gasteiger partial charge >= 0.3 is 11.9 Å². The summed E-state index contributed by atoms with van der Waals surface area (Å²) in [5, 5.41) is 12.0. The molecular weight excluding hydrogens is 424 g/mol. The topological polar surface area (TPSA) is 136 Å². The molecule has 0 aliphatic rings. The predicted molar refractivity (Wildman–Crippen MR) is 126 cm³/mol. The van der Waals surface area contributed by atoms with Crippen molar-refractivity contribution in [3.05, 3.63) is 35.4 Å². The molecule has 0 fully saturated rings. The van der Waals surface area contributed by atoms with Crippen LogP contribution in [0.4, 0.5) is 0 Å². The van der Waals surface area contributed by atoms with Gasteiger partial charge < -0.3 is 20.9 Å². The monoisotopic (exact) mass is 462 g/mol. The third-order valence-electron chi connectivity index (χ3n) is 5.02. The Labute approximate surface area is 196 Å². The summed E-state index contributed by atoms with van der Waals surface area (Å²) in [5.41, 5.74) is 5.93. The van der Waals surface area contributed by atoms with E-state index in [1.54, 1.807) is 45.0 Å². The highest BCUT2D eigenvalue weighted by Gasteiger charge is 2.28. The molecule has 0 aliphatic heterocycles. The number of nitrogens with two attached hydrogens (primary N) is 1. The van der Waals surface area contributed by atoms with Gasteiger partial charge in [-0.25, -0.2) is 0 Å². The zero-order valence-electron chi connectivity index (χ0n) is 20.2. The molecule has 1 aromatic rings. The summed E-state index contributed by atoms with van der Waals surface area (Å²) >= 11 is 0. The number of carbonyl (C=O) groups is 4. The van der Waals surface area contributed by atoms with Gasteiger partial charge in [0.1, 0.15) is 11.6 Å². The molecule has 0 unspecified atom stereocenters. The van der Waals surface area contributed by atoms with Crippen molar-refractivity contribution in [1.82, 2.24) is 5.32 Å². The number of benzene rings is 1. The van der Waals surface area contributed by atoms with Crippen LogP contribution in [0.5, 0.6) is 0 Å². The van der Waals surface area contributed by atoms with Crippen LogP contribution in [0.15, 0.2) is 24.3 Å². The Morgan fingerprint density at radius 3 is 2.39 bits per heavy atom. The van der Waals surface area contributed by atoms with E-state index in [1.807, 2.05) is 6.92 Å². The quantitative estimate of drug-likeness (QED) is 0.219. The van der Waals surface area contributed by atoms with Gasteiger partial charge in [-0.3, -0.25) is 19.2 Å². The summed E-state index contributed by atoms with van der Waals surface area (Å²) in [6, 6.07) is 5.62. The second-order valence-electron chi connectivity index (χ2n) is 9.25. The number of carboxylic acid groups (broad SMARTS) is 1. The fraction of sp³-hybridized carbons (Fsp3) is 0.600. The fourth-order valence-electron chi connectivity index (χ4n) is 3.45. The van der Waals surface area contributed by atoms with E-state index >= 15 is 0 Å². The molecule has 0 aliphatic carbocycles. The number of carbonyl (C=O) groups excluding carboxylic acids is 3. The molecule has 8 heteroatoms. The number of nitrogens with one attached hydrogen (secondary N) is 1. The minimum Gasteiger partial charge on any atom is -0.480 e. The van der Waals surface area contributed by atoms with Gasteiger partial charge in [0, 0.05) is 24.4 Å². The summed E-state index contributed by atoms with van der Waals surface area (Å²) in [7, 11) is 0. The van der Waals surface area contributed by atoms with Crippen LogP contribution in [0.25, 0.3) is 0 Å². The first kappa shape index (κ1) is 28.3. The Hall–Kier alpha value is -2.74. The lowest BCUT2D eigenvalue weighted by atomic mass is 9.86. The van der Waals surface area contributed by atoms with Gasteiger partial charge in [0.05, 0.1) is 6.42 Å². The summed E-state index contributed by atoms with van der Waals surface area (Å²) < 4.78 is 5.42. The molecule has 1 aromatic carbocycles. The van der Waals surface area contributed by atoms with Gasteiger partial charge in [0.2, 0.25) is 5.91 Å². The maximum Gasteiger partial charge on any atom is 0.320 e. The van der Waals surface area contributed by atoms with Gasteiger partial charge in [-0.1, -0.05) is 37.6 Å². The number of hydrogen-bond donors (Lipinski definition) is 3. The van der Waals surface area contributed by atoms with Crippen molar-refractivity contribution in [1.29, 1.82) is 0 Å². The van der Waals surface area contributed by atoms with Crippen molar-refractivity contribution in [3.63, 3.8) is 0 Å². The molecule has 4 N–H and O–H groups in total. The maximum atomic E-state index is 13.4. The van der Waals surface area contributed by atoms with E-state index in [1.165, 1.54) is 0 Å². The SMILES string of the molecule is CCCC(=O)NCCCC[C@H](CC(=O)OC(C)(C)C)C(=O)c1ccccc1C[C@@H](N)C(=O)O. The largest absolute Gasteiger partial charge is 0.480 e. The second kappa shape index (κ2) is 13.7. The van der Waals surface area contributed by atoms with Crippen LogP contribution in [-0.2, 0) is 25.5 Å². The molecule has 0 spiro atoms. The first-order chi connectivity index (χ1) is 15.4. The van der Waals surface area contributed by atoms with Crippen LogP contribution in [0.3, 0.4) is 0 Å². The van der Waals surface area contributed by atoms with Crippen LogP contribution < -0.4 is 11.1 Å². The lowest BCUT2D eigenvalue weighted by Crippen LogP contribution is -2.33. The Morgan fingerprint density at radius 2 is 1.79 bits per heavy atom. The normalized spacial score (nSPS) is 13.1. The van der Waals surface area contributed by atoms with E-state index < -0.39 is 29.5 Å². The molecule has 33 heavy (non-hydrogen) atoms. The summed E-state index contributed by atoms with van der Waals surface area (Å²) in [5.74, 6) is -2.45. The van der Waals surface area contributed by atoms with Crippen LogP contribution in [-0.4, -0.2) is 46.9 Å². The first-order valence-electron chi connectivity index (χ1n) is 11.5. The molecular formula is C25H38N2O6. The Balaban J connectivity index is 2.94. The molecule has 8 nitrogen and oxygen atoms in total. The molecule has 0 saturated carbocycles. The van der Waals surface area contributed by atoms with Crippen molar-refractivity contribution in [3.8, 4) is 0 Å². The summed E-state index contributed by atoms with van der Waals surface area (Å²) in [4.78, 5) is 48.7. The number of hydrogen-bond acceptors (Lipinski definition) is 6. The molecule has 0 saturated heterocycles. The molecule has 0 aromatic heterocycles. The number of aliphatic carboxylic acids is 1. The van der Waals surface area contributed by atoms with Gasteiger partial charge in [0.15, 0.2) is 5.78 Å². The standard InChI is InChI=1S/C25H38N2O6/c1-5-10-21(28)27-14-9-8-12-18(16-22(29)33-25(2,3)4)23(30)19-13-7-6-11-17(19)15-20(26)24(31)32/h6-7,11,13,18,20H,5,8-10,12,14-16,26H2,1-4H3,(H,27,28)(H,31,32)/t18-,20-/m1/s1. The van der Waals surface area contributed by atoms with Gasteiger partial charge in [-0.15, -0.1) is 0 Å². The highest BCUT2D eigenvalue weighted by atomic mass is 16.6. The zero-order valence-corrected chi connectivity index (χ0v) is 20.2. The van der Waals surface area contributed by atoms with Crippen molar-refractivity contribution in [2.24, 2.45) is 11.7 Å². The highest BCUT2D eigenvalue weighted by Crippen LogP contribution is 2.24. The Bertz CT molecular complexity index is 815. The lowest BCUT2D eigenvalue weighted by Gasteiger charge is -2.22. The fourth-order valence-corrected chi connectivity index (χ4v) is 3.45. The molecule has 0 radical (unpaired) electrons. The number of unbranched alkanes of at least 4 members (excludes halogenated alkanes) is 1. The zero-order chi connectivity index (χ0) is 25.0. The number of carboxylic acids is 1. The van der Waals surface area contributed by atoms with E-state index in [-0.39, 0.29) is 24.5 Å². The molecule has 1 amide bonds. The van der Waals surface area contributed by atoms with Crippen molar-refractivity contribution < 1.29 is 29.0 Å². The van der Waals surface area contributed by atoms with Crippen LogP contribution in [0.1, 0.15) is 82.1 Å². The number of esters is 1. The van der Waals surface area contributed by atoms with Crippen molar-refractivity contribution >= 4 is 23.6 Å². The lowest BCUT2D eigenvalue weighted by molar-refractivity contribution is -0.155. The first-order valence-corrected chi connectivity index (χ1v) is 11.5. The van der Waals surface area contributed by atoms with Crippen LogP contribution in [0.2, 0.25) is 0 Å². The van der Waals surface area contributed by atoms with Gasteiger partial charge in [-0.05, 0) is 52.0 Å². The smallest absolute Gasteiger partial charge is 0.320 e. The average molecular weight is 463 g/mol. The van der Waals surface area contributed by atoms with E-state index in [9.17, 15) is 19.2 Å². The molecule has 0 heterocycles. The number of rotatable bonds is 14. The van der Waals surface area contributed by atoms with Crippen LogP contribution in [0, 0.1) is 5.92 Å². The number of Topliss-reactive ketones (excluding diaryl/α,β-unsaturated/α-hetero) is 1. The third kappa shape index (κ3) is 11.1. The molecule has 0 bridgehead atoms. The van der Waals surface area contributed by atoms with E-state index in [0.717, 1.165) is 6.42 Å². The molecule has 184 valence electrons. The van der Waals surface area contributed by atoms with Gasteiger partial charge in [0.25, 0.3) is 0 Å². The van der Waals surface area contributed by atoms with Crippen LogP contribution >= 0.6 is 0 Å².